The molecule has 0 fully saturated rings. The van der Waals surface area contributed by atoms with Crippen LogP contribution in [0.2, 0.25) is 5.15 Å². The van der Waals surface area contributed by atoms with E-state index < -0.39 is 16.1 Å². The van der Waals surface area contributed by atoms with E-state index in [-0.39, 0.29) is 22.5 Å². The molecule has 0 spiro atoms. The zero-order valence-electron chi connectivity index (χ0n) is 9.59. The molecule has 17 heavy (non-hydrogen) atoms. The van der Waals surface area contributed by atoms with Crippen molar-refractivity contribution in [1.29, 1.82) is 0 Å². The molecule has 0 radical (unpaired) electrons. The van der Waals surface area contributed by atoms with E-state index in [2.05, 4.69) is 9.71 Å². The molecule has 1 unspecified atom stereocenters. The number of hydrogen-bond donors (Lipinski definition) is 2. The van der Waals surface area contributed by atoms with E-state index in [0.29, 0.717) is 0 Å². The normalized spacial score (nSPS) is 13.9. The van der Waals surface area contributed by atoms with Crippen molar-refractivity contribution in [2.24, 2.45) is 5.92 Å². The first-order valence-electron chi connectivity index (χ1n) is 5.12. The van der Waals surface area contributed by atoms with Gasteiger partial charge in [0.1, 0.15) is 5.15 Å². The van der Waals surface area contributed by atoms with Crippen molar-refractivity contribution in [2.75, 3.05) is 6.54 Å². The van der Waals surface area contributed by atoms with Gasteiger partial charge in [0.25, 0.3) is 0 Å². The molecular formula is C10H15ClN2O3S. The van der Waals surface area contributed by atoms with Gasteiger partial charge in [-0.1, -0.05) is 25.4 Å². The van der Waals surface area contributed by atoms with E-state index in [0.717, 1.165) is 0 Å². The van der Waals surface area contributed by atoms with Crippen molar-refractivity contribution >= 4 is 21.6 Å². The first kappa shape index (κ1) is 14.4. The Balaban J connectivity index is 2.76. The van der Waals surface area contributed by atoms with Crippen molar-refractivity contribution in [2.45, 2.75) is 24.8 Å². The molecule has 1 rings (SSSR count). The largest absolute Gasteiger partial charge is 0.391 e. The molecule has 0 bridgehead atoms. The molecule has 1 aromatic rings. The molecule has 1 heterocycles. The van der Waals surface area contributed by atoms with E-state index in [1.54, 1.807) is 0 Å². The van der Waals surface area contributed by atoms with Crippen LogP contribution in [-0.2, 0) is 10.0 Å². The number of aliphatic hydroxyl groups excluding tert-OH is 1. The number of rotatable bonds is 5. The molecule has 5 nitrogen and oxygen atoms in total. The Morgan fingerprint density at radius 3 is 2.71 bits per heavy atom. The molecule has 0 aromatic carbocycles. The van der Waals surface area contributed by atoms with Crippen LogP contribution in [0.5, 0.6) is 0 Å². The summed E-state index contributed by atoms with van der Waals surface area (Å²) < 4.78 is 25.9. The van der Waals surface area contributed by atoms with Crippen LogP contribution in [0.1, 0.15) is 13.8 Å². The van der Waals surface area contributed by atoms with Gasteiger partial charge in [-0.25, -0.2) is 18.1 Å². The summed E-state index contributed by atoms with van der Waals surface area (Å²) in [5.74, 6) is -0.0151. The monoisotopic (exact) mass is 278 g/mol. The van der Waals surface area contributed by atoms with Crippen LogP contribution in [0.25, 0.3) is 0 Å². The molecule has 0 saturated carbocycles. The average molecular weight is 279 g/mol. The molecule has 1 atom stereocenters. The van der Waals surface area contributed by atoms with Gasteiger partial charge in [0, 0.05) is 12.7 Å². The second kappa shape index (κ2) is 5.77. The van der Waals surface area contributed by atoms with Crippen molar-refractivity contribution < 1.29 is 13.5 Å². The molecule has 0 amide bonds. The van der Waals surface area contributed by atoms with Crippen molar-refractivity contribution in [3.63, 3.8) is 0 Å². The standard InChI is InChI=1S/C10H15ClN2O3S/c1-7(2)9(14)6-13-17(15,16)8-3-4-12-10(11)5-8/h3-5,7,9,13-14H,6H2,1-2H3. The van der Waals surface area contributed by atoms with Crippen LogP contribution in [0.4, 0.5) is 0 Å². The second-order valence-corrected chi connectivity index (χ2v) is 6.13. The minimum atomic E-state index is -3.65. The van der Waals surface area contributed by atoms with Crippen LogP contribution < -0.4 is 4.72 Å². The summed E-state index contributed by atoms with van der Waals surface area (Å²) in [7, 11) is -3.65. The van der Waals surface area contributed by atoms with Gasteiger partial charge in [-0.3, -0.25) is 0 Å². The first-order chi connectivity index (χ1) is 7.83. The maximum atomic E-state index is 11.8. The highest BCUT2D eigenvalue weighted by molar-refractivity contribution is 7.89. The quantitative estimate of drug-likeness (QED) is 0.789. The molecule has 2 N–H and O–H groups in total. The smallest absolute Gasteiger partial charge is 0.240 e. The number of halogens is 1. The second-order valence-electron chi connectivity index (χ2n) is 3.98. The molecule has 0 aliphatic rings. The lowest BCUT2D eigenvalue weighted by Crippen LogP contribution is -2.34. The van der Waals surface area contributed by atoms with E-state index in [1.807, 2.05) is 13.8 Å². The Bertz CT molecular complexity index is 476. The van der Waals surface area contributed by atoms with Crippen LogP contribution >= 0.6 is 11.6 Å². The number of aliphatic hydroxyl groups is 1. The van der Waals surface area contributed by atoms with Gasteiger partial charge in [0.2, 0.25) is 10.0 Å². The lowest BCUT2D eigenvalue weighted by atomic mass is 10.1. The molecule has 7 heteroatoms. The Hall–Kier alpha value is -0.690. The molecule has 1 aromatic heterocycles. The molecule has 0 saturated heterocycles. The fourth-order valence-electron chi connectivity index (χ4n) is 1.07. The lowest BCUT2D eigenvalue weighted by Gasteiger charge is -2.15. The Morgan fingerprint density at radius 2 is 2.18 bits per heavy atom. The Morgan fingerprint density at radius 1 is 1.53 bits per heavy atom. The minimum absolute atomic E-state index is 0.0151. The van der Waals surface area contributed by atoms with Crippen LogP contribution in [0.15, 0.2) is 23.2 Å². The van der Waals surface area contributed by atoms with E-state index in [1.165, 1.54) is 18.3 Å². The van der Waals surface area contributed by atoms with Crippen LogP contribution in [0.3, 0.4) is 0 Å². The van der Waals surface area contributed by atoms with Gasteiger partial charge in [-0.15, -0.1) is 0 Å². The Labute approximate surface area is 106 Å². The van der Waals surface area contributed by atoms with Crippen molar-refractivity contribution in [3.05, 3.63) is 23.5 Å². The number of nitrogens with one attached hydrogen (secondary N) is 1. The number of aromatic nitrogens is 1. The van der Waals surface area contributed by atoms with Crippen LogP contribution in [-0.4, -0.2) is 31.2 Å². The maximum Gasteiger partial charge on any atom is 0.240 e. The zero-order chi connectivity index (χ0) is 13.1. The summed E-state index contributed by atoms with van der Waals surface area (Å²) in [4.78, 5) is 3.74. The fourth-order valence-corrected chi connectivity index (χ4v) is 2.37. The number of sulfonamides is 1. The third-order valence-electron chi connectivity index (χ3n) is 2.26. The molecular weight excluding hydrogens is 264 g/mol. The number of nitrogens with zero attached hydrogens (tertiary/aromatic N) is 1. The van der Waals surface area contributed by atoms with E-state index in [4.69, 9.17) is 11.6 Å². The molecule has 0 aliphatic heterocycles. The summed E-state index contributed by atoms with van der Waals surface area (Å²) in [6.45, 7) is 3.59. The van der Waals surface area contributed by atoms with E-state index in [9.17, 15) is 13.5 Å². The minimum Gasteiger partial charge on any atom is -0.391 e. The highest BCUT2D eigenvalue weighted by Gasteiger charge is 2.17. The summed E-state index contributed by atoms with van der Waals surface area (Å²) in [5, 5.41) is 9.63. The van der Waals surface area contributed by atoms with Gasteiger partial charge < -0.3 is 5.11 Å². The predicted molar refractivity (Wildman–Crippen MR) is 65.3 cm³/mol. The number of hydrogen-bond acceptors (Lipinski definition) is 4. The van der Waals surface area contributed by atoms with E-state index >= 15 is 0 Å². The van der Waals surface area contributed by atoms with Crippen molar-refractivity contribution in [3.8, 4) is 0 Å². The summed E-state index contributed by atoms with van der Waals surface area (Å²) >= 11 is 5.61. The lowest BCUT2D eigenvalue weighted by molar-refractivity contribution is 0.129. The van der Waals surface area contributed by atoms with Gasteiger partial charge >= 0.3 is 0 Å². The predicted octanol–water partition coefficient (Wildman–Crippen LogP) is 1.03. The topological polar surface area (TPSA) is 79.3 Å². The Kier molecular flexibility index (Phi) is 4.88. The van der Waals surface area contributed by atoms with Gasteiger partial charge in [-0.05, 0) is 18.1 Å². The SMILES string of the molecule is CC(C)C(O)CNS(=O)(=O)c1ccnc(Cl)c1. The summed E-state index contributed by atoms with van der Waals surface area (Å²) in [6, 6.07) is 2.60. The van der Waals surface area contributed by atoms with Crippen molar-refractivity contribution in [1.82, 2.24) is 9.71 Å². The summed E-state index contributed by atoms with van der Waals surface area (Å²) in [6.07, 6.45) is 0.595. The fraction of sp³-hybridized carbons (Fsp3) is 0.500. The summed E-state index contributed by atoms with van der Waals surface area (Å²) in [5.41, 5.74) is 0. The number of pyridine rings is 1. The maximum absolute atomic E-state index is 11.8. The molecule has 96 valence electrons. The average Bonchev–Trinajstić information content (AvgIpc) is 2.26. The zero-order valence-corrected chi connectivity index (χ0v) is 11.2. The van der Waals surface area contributed by atoms with Gasteiger partial charge in [0.15, 0.2) is 0 Å². The van der Waals surface area contributed by atoms with Gasteiger partial charge in [-0.2, -0.15) is 0 Å². The van der Waals surface area contributed by atoms with Gasteiger partial charge in [0.05, 0.1) is 11.0 Å². The molecule has 0 aliphatic carbocycles. The highest BCUT2D eigenvalue weighted by atomic mass is 35.5. The third-order valence-corrected chi connectivity index (χ3v) is 3.89. The van der Waals surface area contributed by atoms with Crippen LogP contribution in [0, 0.1) is 5.92 Å². The first-order valence-corrected chi connectivity index (χ1v) is 6.98. The highest BCUT2D eigenvalue weighted by Crippen LogP contribution is 2.12. The third kappa shape index (κ3) is 4.23.